The first-order valence-corrected chi connectivity index (χ1v) is 11.9. The Morgan fingerprint density at radius 1 is 0.912 bits per heavy atom. The molecule has 2 aliphatic rings. The van der Waals surface area contributed by atoms with Crippen LogP contribution in [0.2, 0.25) is 0 Å². The van der Waals surface area contributed by atoms with Crippen molar-refractivity contribution in [3.8, 4) is 11.1 Å². The van der Waals surface area contributed by atoms with E-state index >= 15 is 0 Å². The number of rotatable bonds is 5. The van der Waals surface area contributed by atoms with Gasteiger partial charge in [-0.1, -0.05) is 35.5 Å². The lowest BCUT2D eigenvalue weighted by Crippen LogP contribution is -2.41. The lowest BCUT2D eigenvalue weighted by molar-refractivity contribution is 0.0659. The highest BCUT2D eigenvalue weighted by Gasteiger charge is 2.26. The largest absolute Gasteiger partial charge is 0.338 e. The summed E-state index contributed by atoms with van der Waals surface area (Å²) in [4.78, 5) is 29.3. The summed E-state index contributed by atoms with van der Waals surface area (Å²) in [6.45, 7) is 3.53. The molecule has 3 heterocycles. The number of carbonyl (C=O) groups is 2. The highest BCUT2D eigenvalue weighted by molar-refractivity contribution is 5.95. The van der Waals surface area contributed by atoms with E-state index in [1.54, 1.807) is 53.3 Å². The highest BCUT2D eigenvalue weighted by atomic mass is 19.1. The van der Waals surface area contributed by atoms with Crippen LogP contribution in [0.25, 0.3) is 11.1 Å². The van der Waals surface area contributed by atoms with Gasteiger partial charge in [-0.05, 0) is 55.4 Å². The van der Waals surface area contributed by atoms with Crippen molar-refractivity contribution in [2.24, 2.45) is 5.92 Å². The number of piperidine rings is 1. The molecule has 1 aromatic heterocycles. The Morgan fingerprint density at radius 3 is 2.41 bits per heavy atom. The third kappa shape index (κ3) is 4.71. The Balaban J connectivity index is 1.21. The van der Waals surface area contributed by atoms with Gasteiger partial charge < -0.3 is 9.80 Å². The molecule has 2 amide bonds. The van der Waals surface area contributed by atoms with Gasteiger partial charge in [-0.3, -0.25) is 14.3 Å². The summed E-state index contributed by atoms with van der Waals surface area (Å²) in [5.74, 6) is -0.109. The second-order valence-corrected chi connectivity index (χ2v) is 9.14. The van der Waals surface area contributed by atoms with Crippen LogP contribution in [0.5, 0.6) is 0 Å². The lowest BCUT2D eigenvalue weighted by Gasteiger charge is -2.32. The number of nitrogens with zero attached hydrogens (tertiary/aromatic N) is 5. The van der Waals surface area contributed by atoms with Crippen LogP contribution in [0, 0.1) is 11.7 Å². The zero-order chi connectivity index (χ0) is 23.5. The molecule has 0 aliphatic carbocycles. The normalized spacial score (nSPS) is 18.3. The monoisotopic (exact) mass is 461 g/mol. The summed E-state index contributed by atoms with van der Waals surface area (Å²) >= 11 is 0. The number of likely N-dealkylation sites (tertiary alicyclic amines) is 2. The van der Waals surface area contributed by atoms with Crippen LogP contribution in [0.3, 0.4) is 0 Å². The number of hydrogen-bond acceptors (Lipinski definition) is 4. The van der Waals surface area contributed by atoms with Crippen LogP contribution >= 0.6 is 0 Å². The molecule has 2 saturated heterocycles. The molecular weight excluding hydrogens is 433 g/mol. The molecule has 0 N–H and O–H groups in total. The number of benzene rings is 2. The van der Waals surface area contributed by atoms with Crippen molar-refractivity contribution in [3.63, 3.8) is 0 Å². The average molecular weight is 462 g/mol. The number of carbonyl (C=O) groups excluding carboxylic acids is 2. The van der Waals surface area contributed by atoms with Crippen LogP contribution in [-0.2, 0) is 6.54 Å². The number of aromatic nitrogens is 3. The molecule has 0 spiro atoms. The number of hydrogen-bond donors (Lipinski definition) is 0. The SMILES string of the molecule is O=C(c1ccc(-c2ccccc2F)cc1)N1CCC[C@@H](Cn2cc(C(=O)N3CCCC3)nn2)C1. The first-order chi connectivity index (χ1) is 16.6. The van der Waals surface area contributed by atoms with Gasteiger partial charge in [0, 0.05) is 43.9 Å². The molecular formula is C26H28FN5O2. The second-order valence-electron chi connectivity index (χ2n) is 9.14. The topological polar surface area (TPSA) is 71.3 Å². The molecule has 2 aromatic carbocycles. The second kappa shape index (κ2) is 9.75. The Bertz CT molecular complexity index is 1170. The molecule has 5 rings (SSSR count). The molecule has 0 unspecified atom stereocenters. The van der Waals surface area contributed by atoms with Crippen LogP contribution in [0.15, 0.2) is 54.7 Å². The Labute approximate surface area is 198 Å². The molecule has 2 fully saturated rings. The van der Waals surface area contributed by atoms with Crippen molar-refractivity contribution in [2.75, 3.05) is 26.2 Å². The summed E-state index contributed by atoms with van der Waals surface area (Å²) in [5.41, 5.74) is 2.26. The Morgan fingerprint density at radius 2 is 1.65 bits per heavy atom. The molecule has 0 radical (unpaired) electrons. The summed E-state index contributed by atoms with van der Waals surface area (Å²) in [5, 5.41) is 8.24. The minimum atomic E-state index is -0.279. The number of halogens is 1. The Hall–Kier alpha value is -3.55. The van der Waals surface area contributed by atoms with Gasteiger partial charge in [-0.15, -0.1) is 5.10 Å². The predicted molar refractivity (Wildman–Crippen MR) is 126 cm³/mol. The fourth-order valence-electron chi connectivity index (χ4n) is 4.90. The van der Waals surface area contributed by atoms with E-state index in [-0.39, 0.29) is 23.5 Å². The lowest BCUT2D eigenvalue weighted by atomic mass is 9.97. The standard InChI is InChI=1S/C26H28FN5O2/c27-23-8-2-1-7-22(23)20-9-11-21(12-10-20)25(33)31-15-5-6-19(16-31)17-32-18-24(28-29-32)26(34)30-13-3-4-14-30/h1-2,7-12,18-19H,3-6,13-17H2/t19-/m1/s1. The fraction of sp³-hybridized carbons (Fsp3) is 0.385. The van der Waals surface area contributed by atoms with Crippen molar-refractivity contribution in [3.05, 3.63) is 71.8 Å². The summed E-state index contributed by atoms with van der Waals surface area (Å²) < 4.78 is 15.8. The molecule has 176 valence electrons. The van der Waals surface area contributed by atoms with Gasteiger partial charge in [0.05, 0.1) is 6.20 Å². The minimum Gasteiger partial charge on any atom is -0.338 e. The molecule has 7 nitrogen and oxygen atoms in total. The van der Waals surface area contributed by atoms with Crippen molar-refractivity contribution in [2.45, 2.75) is 32.2 Å². The van der Waals surface area contributed by atoms with Crippen LogP contribution in [0.4, 0.5) is 4.39 Å². The van der Waals surface area contributed by atoms with Gasteiger partial charge in [0.1, 0.15) is 5.82 Å². The van der Waals surface area contributed by atoms with Gasteiger partial charge in [-0.25, -0.2) is 4.39 Å². The molecule has 0 saturated carbocycles. The van der Waals surface area contributed by atoms with Crippen LogP contribution in [0.1, 0.15) is 46.5 Å². The number of amides is 2. The third-order valence-corrected chi connectivity index (χ3v) is 6.72. The maximum Gasteiger partial charge on any atom is 0.276 e. The van der Waals surface area contributed by atoms with Crippen molar-refractivity contribution < 1.29 is 14.0 Å². The van der Waals surface area contributed by atoms with Gasteiger partial charge >= 0.3 is 0 Å². The van der Waals surface area contributed by atoms with E-state index < -0.39 is 0 Å². The summed E-state index contributed by atoms with van der Waals surface area (Å²) in [6.07, 6.45) is 5.71. The zero-order valence-electron chi connectivity index (χ0n) is 19.1. The average Bonchev–Trinajstić information content (AvgIpc) is 3.57. The van der Waals surface area contributed by atoms with Crippen molar-refractivity contribution >= 4 is 11.8 Å². The first kappa shape index (κ1) is 22.3. The van der Waals surface area contributed by atoms with Crippen molar-refractivity contribution in [1.29, 1.82) is 0 Å². The maximum absolute atomic E-state index is 14.1. The summed E-state index contributed by atoms with van der Waals surface area (Å²) in [6, 6.07) is 13.7. The van der Waals surface area contributed by atoms with Gasteiger partial charge in [0.15, 0.2) is 5.69 Å². The van der Waals surface area contributed by atoms with E-state index in [0.717, 1.165) is 44.3 Å². The smallest absolute Gasteiger partial charge is 0.276 e. The third-order valence-electron chi connectivity index (χ3n) is 6.72. The fourth-order valence-corrected chi connectivity index (χ4v) is 4.90. The highest BCUT2D eigenvalue weighted by Crippen LogP contribution is 2.25. The maximum atomic E-state index is 14.1. The van der Waals surface area contributed by atoms with E-state index in [0.29, 0.717) is 36.5 Å². The van der Waals surface area contributed by atoms with E-state index in [2.05, 4.69) is 10.3 Å². The van der Waals surface area contributed by atoms with E-state index in [1.165, 1.54) is 6.07 Å². The first-order valence-electron chi connectivity index (χ1n) is 11.9. The van der Waals surface area contributed by atoms with Gasteiger partial charge in [-0.2, -0.15) is 0 Å². The van der Waals surface area contributed by atoms with E-state index in [9.17, 15) is 14.0 Å². The van der Waals surface area contributed by atoms with Gasteiger partial charge in [0.25, 0.3) is 11.8 Å². The van der Waals surface area contributed by atoms with Crippen molar-refractivity contribution in [1.82, 2.24) is 24.8 Å². The molecule has 2 aliphatic heterocycles. The molecule has 1 atom stereocenters. The Kier molecular flexibility index (Phi) is 6.38. The summed E-state index contributed by atoms with van der Waals surface area (Å²) in [7, 11) is 0. The van der Waals surface area contributed by atoms with E-state index in [1.807, 2.05) is 9.80 Å². The molecule has 0 bridgehead atoms. The quantitative estimate of drug-likeness (QED) is 0.578. The van der Waals surface area contributed by atoms with Gasteiger partial charge in [0.2, 0.25) is 0 Å². The van der Waals surface area contributed by atoms with Crippen LogP contribution in [-0.4, -0.2) is 62.8 Å². The predicted octanol–water partition coefficient (Wildman–Crippen LogP) is 3.87. The van der Waals surface area contributed by atoms with Crippen LogP contribution < -0.4 is 0 Å². The molecule has 8 heteroatoms. The molecule has 3 aromatic rings. The zero-order valence-corrected chi connectivity index (χ0v) is 19.1. The molecule has 34 heavy (non-hydrogen) atoms. The minimum absolute atomic E-state index is 0.0201. The van der Waals surface area contributed by atoms with E-state index in [4.69, 9.17) is 0 Å².